The lowest BCUT2D eigenvalue weighted by Gasteiger charge is -2.19. The highest BCUT2D eigenvalue weighted by atomic mass is 32.2. The van der Waals surface area contributed by atoms with Gasteiger partial charge >= 0.3 is 0 Å². The van der Waals surface area contributed by atoms with Crippen LogP contribution in [0.3, 0.4) is 0 Å². The van der Waals surface area contributed by atoms with Crippen molar-refractivity contribution in [1.82, 2.24) is 5.32 Å². The Hall–Kier alpha value is -5.42. The van der Waals surface area contributed by atoms with E-state index in [1.807, 2.05) is 6.07 Å². The molecule has 3 amide bonds. The second-order valence-corrected chi connectivity index (χ2v) is 11.5. The first-order chi connectivity index (χ1) is 22.3. The summed E-state index contributed by atoms with van der Waals surface area (Å²) >= 11 is 1.34. The van der Waals surface area contributed by atoms with E-state index in [2.05, 4.69) is 16.0 Å². The van der Waals surface area contributed by atoms with Crippen molar-refractivity contribution in [2.24, 2.45) is 0 Å². The number of nitrogens with one attached hydrogen (secondary N) is 3. The SMILES string of the molecule is COc1ccc(/C=C(/NC(=O)c2ccccc2)C(=O)Nc2cccc(SC(C)C(=O)Nc3ccc4c(c3)OCCO4)c2)c(OC)c1. The van der Waals surface area contributed by atoms with Crippen molar-refractivity contribution in [1.29, 1.82) is 0 Å². The molecule has 0 saturated heterocycles. The number of benzene rings is 4. The van der Waals surface area contributed by atoms with Crippen LogP contribution >= 0.6 is 11.8 Å². The maximum absolute atomic E-state index is 13.6. The van der Waals surface area contributed by atoms with E-state index in [9.17, 15) is 14.4 Å². The number of carbonyl (C=O) groups is 3. The minimum Gasteiger partial charge on any atom is -0.497 e. The summed E-state index contributed by atoms with van der Waals surface area (Å²) in [6, 6.07) is 26.1. The van der Waals surface area contributed by atoms with Gasteiger partial charge < -0.3 is 34.9 Å². The Morgan fingerprint density at radius 2 is 1.57 bits per heavy atom. The Kier molecular flexibility index (Phi) is 10.5. The average Bonchev–Trinajstić information content (AvgIpc) is 3.08. The number of hydrogen-bond donors (Lipinski definition) is 3. The highest BCUT2D eigenvalue weighted by molar-refractivity contribution is 8.00. The number of methoxy groups -OCH3 is 2. The maximum Gasteiger partial charge on any atom is 0.272 e. The first-order valence-electron chi connectivity index (χ1n) is 14.4. The second-order valence-electron chi connectivity index (χ2n) is 10.1. The Bertz CT molecular complexity index is 1760. The molecule has 10 nitrogen and oxygen atoms in total. The number of rotatable bonds is 11. The van der Waals surface area contributed by atoms with Crippen LogP contribution in [0.4, 0.5) is 11.4 Å². The van der Waals surface area contributed by atoms with Gasteiger partial charge in [0.15, 0.2) is 11.5 Å². The number of ether oxygens (including phenoxy) is 4. The molecule has 1 aliphatic heterocycles. The van der Waals surface area contributed by atoms with Crippen LogP contribution in [0.25, 0.3) is 6.08 Å². The predicted molar refractivity (Wildman–Crippen MR) is 178 cm³/mol. The van der Waals surface area contributed by atoms with Crippen LogP contribution in [-0.2, 0) is 9.59 Å². The zero-order valence-corrected chi connectivity index (χ0v) is 26.3. The lowest BCUT2D eigenvalue weighted by molar-refractivity contribution is -0.115. The van der Waals surface area contributed by atoms with Gasteiger partial charge in [-0.1, -0.05) is 24.3 Å². The quantitative estimate of drug-likeness (QED) is 0.135. The van der Waals surface area contributed by atoms with E-state index in [0.29, 0.717) is 58.7 Å². The molecule has 0 spiro atoms. The second kappa shape index (κ2) is 15.0. The number of anilines is 2. The largest absolute Gasteiger partial charge is 0.497 e. The molecule has 0 aliphatic carbocycles. The van der Waals surface area contributed by atoms with Crippen molar-refractivity contribution < 1.29 is 33.3 Å². The summed E-state index contributed by atoms with van der Waals surface area (Å²) in [5.41, 5.74) is 2.04. The monoisotopic (exact) mass is 639 g/mol. The van der Waals surface area contributed by atoms with Gasteiger partial charge in [0.2, 0.25) is 5.91 Å². The fourth-order valence-electron chi connectivity index (χ4n) is 4.50. The topological polar surface area (TPSA) is 124 Å². The minimum atomic E-state index is -0.547. The van der Waals surface area contributed by atoms with E-state index >= 15 is 0 Å². The first kappa shape index (κ1) is 32.0. The third-order valence-electron chi connectivity index (χ3n) is 6.85. The van der Waals surface area contributed by atoms with E-state index < -0.39 is 17.1 Å². The van der Waals surface area contributed by atoms with E-state index in [1.54, 1.807) is 99.0 Å². The van der Waals surface area contributed by atoms with Crippen LogP contribution < -0.4 is 34.9 Å². The van der Waals surface area contributed by atoms with E-state index in [4.69, 9.17) is 18.9 Å². The summed E-state index contributed by atoms with van der Waals surface area (Å²) in [5.74, 6) is 1.08. The number of hydrogen-bond acceptors (Lipinski definition) is 8. The molecule has 1 unspecified atom stereocenters. The van der Waals surface area contributed by atoms with Crippen molar-refractivity contribution in [3.8, 4) is 23.0 Å². The van der Waals surface area contributed by atoms with Crippen molar-refractivity contribution in [3.63, 3.8) is 0 Å². The number of amides is 3. The van der Waals surface area contributed by atoms with Crippen LogP contribution in [0.2, 0.25) is 0 Å². The molecule has 5 rings (SSSR count). The Balaban J connectivity index is 1.30. The van der Waals surface area contributed by atoms with Gasteiger partial charge in [0.05, 0.1) is 19.5 Å². The molecule has 0 bridgehead atoms. The van der Waals surface area contributed by atoms with Gasteiger partial charge in [-0.25, -0.2) is 0 Å². The third kappa shape index (κ3) is 8.19. The summed E-state index contributed by atoms with van der Waals surface area (Å²) in [5, 5.41) is 8.06. The van der Waals surface area contributed by atoms with Crippen LogP contribution in [0.5, 0.6) is 23.0 Å². The molecule has 4 aromatic carbocycles. The summed E-state index contributed by atoms with van der Waals surface area (Å²) in [4.78, 5) is 40.4. The summed E-state index contributed by atoms with van der Waals surface area (Å²) in [6.45, 7) is 2.74. The smallest absolute Gasteiger partial charge is 0.272 e. The molecule has 1 atom stereocenters. The van der Waals surface area contributed by atoms with Crippen molar-refractivity contribution in [3.05, 3.63) is 108 Å². The van der Waals surface area contributed by atoms with Crippen LogP contribution in [0, 0.1) is 0 Å². The average molecular weight is 640 g/mol. The molecule has 0 fully saturated rings. The Morgan fingerprint density at radius 3 is 2.33 bits per heavy atom. The zero-order chi connectivity index (χ0) is 32.5. The van der Waals surface area contributed by atoms with E-state index in [1.165, 1.54) is 24.9 Å². The first-order valence-corrected chi connectivity index (χ1v) is 15.3. The van der Waals surface area contributed by atoms with Crippen LogP contribution in [0.1, 0.15) is 22.8 Å². The molecule has 0 aromatic heterocycles. The molecular formula is C35H33N3O7S. The van der Waals surface area contributed by atoms with Crippen molar-refractivity contribution in [2.45, 2.75) is 17.1 Å². The molecule has 0 saturated carbocycles. The van der Waals surface area contributed by atoms with Gasteiger partial charge in [-0.15, -0.1) is 11.8 Å². The molecule has 11 heteroatoms. The van der Waals surface area contributed by atoms with Gasteiger partial charge in [0.25, 0.3) is 11.8 Å². The van der Waals surface area contributed by atoms with Crippen molar-refractivity contribution >= 4 is 46.9 Å². The highest BCUT2D eigenvalue weighted by Crippen LogP contribution is 2.33. The van der Waals surface area contributed by atoms with Gasteiger partial charge in [-0.05, 0) is 67.6 Å². The molecule has 1 aliphatic rings. The molecule has 0 radical (unpaired) electrons. The molecule has 4 aromatic rings. The maximum atomic E-state index is 13.6. The number of thioether (sulfide) groups is 1. The van der Waals surface area contributed by atoms with Gasteiger partial charge in [-0.2, -0.15) is 0 Å². The summed E-state index contributed by atoms with van der Waals surface area (Å²) in [7, 11) is 3.05. The summed E-state index contributed by atoms with van der Waals surface area (Å²) < 4.78 is 21.9. The van der Waals surface area contributed by atoms with E-state index in [-0.39, 0.29) is 11.6 Å². The highest BCUT2D eigenvalue weighted by Gasteiger charge is 2.19. The fraction of sp³-hybridized carbons (Fsp3) is 0.171. The van der Waals surface area contributed by atoms with Crippen LogP contribution in [-0.4, -0.2) is 50.4 Å². The van der Waals surface area contributed by atoms with Crippen LogP contribution in [0.15, 0.2) is 102 Å². The predicted octanol–water partition coefficient (Wildman–Crippen LogP) is 6.00. The zero-order valence-electron chi connectivity index (χ0n) is 25.5. The van der Waals surface area contributed by atoms with E-state index in [0.717, 1.165) is 4.90 Å². The molecular weight excluding hydrogens is 606 g/mol. The number of fused-ring (bicyclic) bond motifs is 1. The normalized spacial score (nSPS) is 12.8. The Morgan fingerprint density at radius 1 is 0.804 bits per heavy atom. The molecule has 1 heterocycles. The minimum absolute atomic E-state index is 0.00236. The van der Waals surface area contributed by atoms with Gasteiger partial charge in [-0.3, -0.25) is 14.4 Å². The molecule has 3 N–H and O–H groups in total. The standard InChI is InChI=1S/C35H33N3O7S/c1-22(33(39)36-26-13-15-30-32(20-26)45-17-16-44-30)46-28-11-7-10-25(19-28)37-35(41)29(38-34(40)23-8-5-4-6-9-23)18-24-12-14-27(42-2)21-31(24)43-3/h4-15,18-22H,16-17H2,1-3H3,(H,36,39)(H,37,41)(H,38,40)/b29-18+. The third-order valence-corrected chi connectivity index (χ3v) is 7.95. The Labute approximate surface area is 271 Å². The fourth-order valence-corrected chi connectivity index (χ4v) is 5.43. The number of carbonyl (C=O) groups excluding carboxylic acids is 3. The van der Waals surface area contributed by atoms with Gasteiger partial charge in [0, 0.05) is 39.5 Å². The van der Waals surface area contributed by atoms with Gasteiger partial charge in [0.1, 0.15) is 30.4 Å². The molecule has 46 heavy (non-hydrogen) atoms. The lowest BCUT2D eigenvalue weighted by Crippen LogP contribution is -2.30. The lowest BCUT2D eigenvalue weighted by atomic mass is 10.1. The summed E-state index contributed by atoms with van der Waals surface area (Å²) in [6.07, 6.45) is 1.54. The molecule has 236 valence electrons. The van der Waals surface area contributed by atoms with Crippen molar-refractivity contribution in [2.75, 3.05) is 38.1 Å².